The zero-order valence-electron chi connectivity index (χ0n) is 6.81. The Balaban J connectivity index is 2.54. The van der Waals surface area contributed by atoms with Crippen LogP contribution < -0.4 is 5.76 Å². The molecule has 3 heteroatoms. The summed E-state index contributed by atoms with van der Waals surface area (Å²) in [6.07, 6.45) is 1.44. The van der Waals surface area contributed by atoms with Crippen molar-refractivity contribution < 1.29 is 4.42 Å². The highest BCUT2D eigenvalue weighted by Crippen LogP contribution is 2.15. The molecule has 64 valence electrons. The second-order valence-corrected chi connectivity index (χ2v) is 2.54. The lowest BCUT2D eigenvalue weighted by Crippen LogP contribution is -2.01. The van der Waals surface area contributed by atoms with E-state index < -0.39 is 5.76 Å². The topological polar surface area (TPSA) is 43.1 Å². The van der Waals surface area contributed by atoms with Gasteiger partial charge in [0, 0.05) is 17.8 Å². The van der Waals surface area contributed by atoms with Gasteiger partial charge in [0.25, 0.3) is 0 Å². The smallest absolute Gasteiger partial charge is 0.408 e. The van der Waals surface area contributed by atoms with E-state index in [9.17, 15) is 4.79 Å². The maximum absolute atomic E-state index is 10.8. The van der Waals surface area contributed by atoms with Gasteiger partial charge in [-0.2, -0.15) is 4.98 Å². The molecule has 0 N–H and O–H groups in total. The minimum atomic E-state index is -0.568. The Bertz CT molecular complexity index is 448. The maximum atomic E-state index is 10.8. The lowest BCUT2D eigenvalue weighted by Gasteiger charge is -1.96. The zero-order chi connectivity index (χ0) is 9.10. The van der Waals surface area contributed by atoms with Crippen LogP contribution in [0.15, 0.2) is 51.8 Å². The van der Waals surface area contributed by atoms with E-state index in [2.05, 4.69) is 4.98 Å². The first-order valence-corrected chi connectivity index (χ1v) is 3.88. The highest BCUT2D eigenvalue weighted by molar-refractivity contribution is 5.55. The van der Waals surface area contributed by atoms with E-state index in [1.807, 2.05) is 30.3 Å². The van der Waals surface area contributed by atoms with Crippen LogP contribution in [-0.2, 0) is 0 Å². The normalized spacial score (nSPS) is 9.85. The number of nitrogens with zero attached hydrogens (tertiary/aromatic N) is 1. The quantitative estimate of drug-likeness (QED) is 0.659. The fourth-order valence-corrected chi connectivity index (χ4v) is 1.08. The zero-order valence-corrected chi connectivity index (χ0v) is 6.81. The third-order valence-corrected chi connectivity index (χ3v) is 1.66. The fourth-order valence-electron chi connectivity index (χ4n) is 1.08. The molecule has 0 aliphatic carbocycles. The molecule has 1 heterocycles. The number of aromatic nitrogens is 1. The minimum absolute atomic E-state index is 0.542. The SMILES string of the molecule is O=c1nccc(-c2ccccc2)o1. The Kier molecular flexibility index (Phi) is 1.92. The standard InChI is InChI=1S/C10H7NO2/c12-10-11-7-6-9(13-10)8-4-2-1-3-5-8/h1-7H. The van der Waals surface area contributed by atoms with Gasteiger partial charge in [0.15, 0.2) is 0 Å². The summed E-state index contributed by atoms with van der Waals surface area (Å²) >= 11 is 0. The van der Waals surface area contributed by atoms with Crippen LogP contribution in [0.5, 0.6) is 0 Å². The number of hydrogen-bond donors (Lipinski definition) is 0. The molecule has 0 fully saturated rings. The molecule has 0 saturated heterocycles. The first-order valence-electron chi connectivity index (χ1n) is 3.88. The van der Waals surface area contributed by atoms with Gasteiger partial charge < -0.3 is 4.42 Å². The molecular formula is C10H7NO2. The summed E-state index contributed by atoms with van der Waals surface area (Å²) in [6.45, 7) is 0. The largest absolute Gasteiger partial charge is 0.439 e. The van der Waals surface area contributed by atoms with Gasteiger partial charge >= 0.3 is 5.76 Å². The molecule has 0 aliphatic heterocycles. The van der Waals surface area contributed by atoms with Crippen molar-refractivity contribution in [1.29, 1.82) is 0 Å². The third-order valence-electron chi connectivity index (χ3n) is 1.66. The average molecular weight is 173 g/mol. The lowest BCUT2D eigenvalue weighted by molar-refractivity contribution is 0.498. The first kappa shape index (κ1) is 7.73. The van der Waals surface area contributed by atoms with Crippen LogP contribution in [0.1, 0.15) is 0 Å². The molecule has 1 aromatic heterocycles. The predicted octanol–water partition coefficient (Wildman–Crippen LogP) is 1.70. The number of benzene rings is 1. The summed E-state index contributed by atoms with van der Waals surface area (Å²) in [5.41, 5.74) is 0.877. The molecule has 0 radical (unpaired) electrons. The molecule has 2 aromatic rings. The van der Waals surface area contributed by atoms with Crippen molar-refractivity contribution >= 4 is 0 Å². The van der Waals surface area contributed by atoms with Crippen molar-refractivity contribution in [3.8, 4) is 11.3 Å². The fraction of sp³-hybridized carbons (Fsp3) is 0. The van der Waals surface area contributed by atoms with Crippen molar-refractivity contribution in [3.05, 3.63) is 53.1 Å². The lowest BCUT2D eigenvalue weighted by atomic mass is 10.2. The number of rotatable bonds is 1. The first-order chi connectivity index (χ1) is 6.36. The molecule has 0 bridgehead atoms. The van der Waals surface area contributed by atoms with Crippen LogP contribution in [0.4, 0.5) is 0 Å². The molecule has 0 atom stereocenters. The summed E-state index contributed by atoms with van der Waals surface area (Å²) in [4.78, 5) is 14.2. The highest BCUT2D eigenvalue weighted by atomic mass is 16.4. The Labute approximate surface area is 74.7 Å². The molecule has 0 unspecified atom stereocenters. The van der Waals surface area contributed by atoms with Crippen LogP contribution in [0.25, 0.3) is 11.3 Å². The van der Waals surface area contributed by atoms with E-state index >= 15 is 0 Å². The summed E-state index contributed by atoms with van der Waals surface area (Å²) in [5, 5.41) is 0. The second-order valence-electron chi connectivity index (χ2n) is 2.54. The van der Waals surface area contributed by atoms with Crippen LogP contribution >= 0.6 is 0 Å². The van der Waals surface area contributed by atoms with Gasteiger partial charge in [0.2, 0.25) is 0 Å². The molecular weight excluding hydrogens is 166 g/mol. The Morgan fingerprint density at radius 1 is 1.08 bits per heavy atom. The van der Waals surface area contributed by atoms with E-state index in [1.54, 1.807) is 6.07 Å². The molecule has 1 aromatic carbocycles. The van der Waals surface area contributed by atoms with Crippen LogP contribution in [-0.4, -0.2) is 4.98 Å². The molecule has 0 aliphatic rings. The summed E-state index contributed by atoms with van der Waals surface area (Å²) in [7, 11) is 0. The van der Waals surface area contributed by atoms with Gasteiger partial charge in [-0.15, -0.1) is 0 Å². The van der Waals surface area contributed by atoms with Crippen molar-refractivity contribution in [2.45, 2.75) is 0 Å². The monoisotopic (exact) mass is 173 g/mol. The Morgan fingerprint density at radius 3 is 2.54 bits per heavy atom. The van der Waals surface area contributed by atoms with Gasteiger partial charge in [-0.25, -0.2) is 4.79 Å². The van der Waals surface area contributed by atoms with E-state index in [4.69, 9.17) is 4.42 Å². The number of hydrogen-bond acceptors (Lipinski definition) is 3. The van der Waals surface area contributed by atoms with E-state index in [0.29, 0.717) is 5.76 Å². The van der Waals surface area contributed by atoms with Crippen molar-refractivity contribution in [3.63, 3.8) is 0 Å². The maximum Gasteiger partial charge on any atom is 0.439 e. The highest BCUT2D eigenvalue weighted by Gasteiger charge is 1.98. The molecule has 3 nitrogen and oxygen atoms in total. The average Bonchev–Trinajstić information content (AvgIpc) is 2.19. The molecule has 0 saturated carbocycles. The van der Waals surface area contributed by atoms with Crippen LogP contribution in [0.3, 0.4) is 0 Å². The molecule has 2 rings (SSSR count). The van der Waals surface area contributed by atoms with Gasteiger partial charge in [-0.1, -0.05) is 30.3 Å². The Hall–Kier alpha value is -1.90. The van der Waals surface area contributed by atoms with E-state index in [0.717, 1.165) is 5.56 Å². The molecule has 0 spiro atoms. The summed E-state index contributed by atoms with van der Waals surface area (Å²) < 4.78 is 4.90. The van der Waals surface area contributed by atoms with Gasteiger partial charge in [-0.3, -0.25) is 0 Å². The van der Waals surface area contributed by atoms with E-state index in [-0.39, 0.29) is 0 Å². The third kappa shape index (κ3) is 1.64. The van der Waals surface area contributed by atoms with Crippen molar-refractivity contribution in [2.75, 3.05) is 0 Å². The second kappa shape index (κ2) is 3.23. The van der Waals surface area contributed by atoms with Gasteiger partial charge in [0.05, 0.1) is 0 Å². The van der Waals surface area contributed by atoms with Crippen molar-refractivity contribution in [1.82, 2.24) is 4.98 Å². The van der Waals surface area contributed by atoms with E-state index in [1.165, 1.54) is 6.20 Å². The Morgan fingerprint density at radius 2 is 1.85 bits per heavy atom. The minimum Gasteiger partial charge on any atom is -0.408 e. The van der Waals surface area contributed by atoms with Crippen LogP contribution in [0.2, 0.25) is 0 Å². The van der Waals surface area contributed by atoms with Gasteiger partial charge in [-0.05, 0) is 0 Å². The molecule has 13 heavy (non-hydrogen) atoms. The summed E-state index contributed by atoms with van der Waals surface area (Å²) in [5.74, 6) is -0.0260. The van der Waals surface area contributed by atoms with Crippen molar-refractivity contribution in [2.24, 2.45) is 0 Å². The van der Waals surface area contributed by atoms with Crippen LogP contribution in [0, 0.1) is 0 Å². The molecule has 0 amide bonds. The summed E-state index contributed by atoms with van der Waals surface area (Å²) in [6, 6.07) is 11.1. The van der Waals surface area contributed by atoms with Gasteiger partial charge in [0.1, 0.15) is 5.76 Å². The predicted molar refractivity (Wildman–Crippen MR) is 48.2 cm³/mol.